The molecule has 0 aromatic rings. The van der Waals surface area contributed by atoms with Crippen molar-refractivity contribution < 1.29 is 39.6 Å². The van der Waals surface area contributed by atoms with Gasteiger partial charge in [0.25, 0.3) is 0 Å². The Hall–Kier alpha value is -2.28. The van der Waals surface area contributed by atoms with Gasteiger partial charge in [0, 0.05) is 0 Å². The van der Waals surface area contributed by atoms with Crippen LogP contribution in [0.5, 0.6) is 0 Å². The Morgan fingerprint density at radius 1 is 0.846 bits per heavy atom. The third-order valence-electron chi connectivity index (χ3n) is 3.34. The molecule has 3 amide bonds. The first-order valence-corrected chi connectivity index (χ1v) is 7.78. The van der Waals surface area contributed by atoms with E-state index in [0.29, 0.717) is 0 Å². The minimum Gasteiger partial charge on any atom is -0.480 e. The normalized spacial score (nSPS) is 17.8. The van der Waals surface area contributed by atoms with Crippen molar-refractivity contribution in [2.75, 3.05) is 6.61 Å². The van der Waals surface area contributed by atoms with Crippen molar-refractivity contribution in [1.29, 1.82) is 0 Å². The molecule has 26 heavy (non-hydrogen) atoms. The highest BCUT2D eigenvalue weighted by molar-refractivity contribution is 5.94. The van der Waals surface area contributed by atoms with Crippen LogP contribution in [0.2, 0.25) is 0 Å². The molecule has 6 unspecified atom stereocenters. The fourth-order valence-corrected chi connectivity index (χ4v) is 1.79. The van der Waals surface area contributed by atoms with Gasteiger partial charge in [-0.05, 0) is 20.8 Å². The number of carbonyl (C=O) groups excluding carboxylic acids is 3. The summed E-state index contributed by atoms with van der Waals surface area (Å²) in [7, 11) is 0. The van der Waals surface area contributed by atoms with Gasteiger partial charge in [-0.3, -0.25) is 14.4 Å². The van der Waals surface area contributed by atoms with Crippen LogP contribution in [-0.4, -0.2) is 87.1 Å². The number of carboxylic acids is 1. The number of amides is 3. The monoisotopic (exact) mass is 378 g/mol. The van der Waals surface area contributed by atoms with Crippen LogP contribution >= 0.6 is 0 Å². The summed E-state index contributed by atoms with van der Waals surface area (Å²) in [6, 6.07) is -5.64. The van der Waals surface area contributed by atoms with Crippen molar-refractivity contribution in [1.82, 2.24) is 16.0 Å². The first-order valence-electron chi connectivity index (χ1n) is 7.78. The first kappa shape index (κ1) is 23.7. The topological polar surface area (TPSA) is 211 Å². The molecule has 6 atom stereocenters. The van der Waals surface area contributed by atoms with Crippen LogP contribution < -0.4 is 21.7 Å². The lowest BCUT2D eigenvalue weighted by atomic mass is 10.1. The molecule has 0 aromatic carbocycles. The summed E-state index contributed by atoms with van der Waals surface area (Å²) in [6.45, 7) is 2.86. The predicted molar refractivity (Wildman–Crippen MR) is 87.5 cm³/mol. The summed E-state index contributed by atoms with van der Waals surface area (Å²) in [5.41, 5.74) is 5.34. The van der Waals surface area contributed by atoms with E-state index < -0.39 is 66.7 Å². The molecular formula is C14H26N4O8. The molecule has 9 N–H and O–H groups in total. The summed E-state index contributed by atoms with van der Waals surface area (Å²) < 4.78 is 0. The van der Waals surface area contributed by atoms with E-state index in [1.54, 1.807) is 0 Å². The van der Waals surface area contributed by atoms with Gasteiger partial charge in [0.1, 0.15) is 12.1 Å². The van der Waals surface area contributed by atoms with Gasteiger partial charge in [-0.25, -0.2) is 4.79 Å². The second-order valence-corrected chi connectivity index (χ2v) is 5.82. The van der Waals surface area contributed by atoms with Crippen molar-refractivity contribution in [2.45, 2.75) is 57.1 Å². The number of nitrogens with two attached hydrogens (primary N) is 1. The molecule has 0 aliphatic heterocycles. The molecule has 12 nitrogen and oxygen atoms in total. The van der Waals surface area contributed by atoms with Crippen molar-refractivity contribution in [3.63, 3.8) is 0 Å². The van der Waals surface area contributed by atoms with Crippen LogP contribution in [0, 0.1) is 0 Å². The number of hydrogen-bond donors (Lipinski definition) is 8. The van der Waals surface area contributed by atoms with E-state index >= 15 is 0 Å². The maximum atomic E-state index is 12.2. The second-order valence-electron chi connectivity index (χ2n) is 5.82. The summed E-state index contributed by atoms with van der Waals surface area (Å²) in [6.07, 6.45) is -2.87. The molecule has 0 fully saturated rings. The van der Waals surface area contributed by atoms with Gasteiger partial charge < -0.3 is 42.1 Å². The molecule has 0 spiro atoms. The van der Waals surface area contributed by atoms with Crippen LogP contribution in [0.25, 0.3) is 0 Å². The predicted octanol–water partition coefficient (Wildman–Crippen LogP) is -4.37. The van der Waals surface area contributed by atoms with Gasteiger partial charge in [-0.15, -0.1) is 0 Å². The third-order valence-corrected chi connectivity index (χ3v) is 3.34. The maximum Gasteiger partial charge on any atom is 0.328 e. The van der Waals surface area contributed by atoms with Crippen LogP contribution in [0.1, 0.15) is 20.8 Å². The van der Waals surface area contributed by atoms with Crippen LogP contribution in [0.4, 0.5) is 0 Å². The van der Waals surface area contributed by atoms with E-state index in [-0.39, 0.29) is 0 Å². The lowest BCUT2D eigenvalue weighted by Gasteiger charge is -2.26. The van der Waals surface area contributed by atoms with E-state index in [9.17, 15) is 34.5 Å². The number of nitrogens with one attached hydrogen (secondary N) is 3. The zero-order valence-corrected chi connectivity index (χ0v) is 14.7. The number of rotatable bonds is 10. The average Bonchev–Trinajstić information content (AvgIpc) is 2.53. The first-order chi connectivity index (χ1) is 11.9. The van der Waals surface area contributed by atoms with Crippen LogP contribution in [-0.2, 0) is 19.2 Å². The van der Waals surface area contributed by atoms with Crippen molar-refractivity contribution >= 4 is 23.7 Å². The molecule has 0 radical (unpaired) electrons. The SMILES string of the molecule is CC(N)C(=O)NC(CO)C(=O)NC(C(=O)NC(C(=O)O)C(C)O)C(C)O. The highest BCUT2D eigenvalue weighted by Crippen LogP contribution is 2.00. The summed E-state index contributed by atoms with van der Waals surface area (Å²) in [4.78, 5) is 46.8. The molecular weight excluding hydrogens is 352 g/mol. The van der Waals surface area contributed by atoms with E-state index in [4.69, 9.17) is 10.8 Å². The van der Waals surface area contributed by atoms with Crippen LogP contribution in [0.3, 0.4) is 0 Å². The van der Waals surface area contributed by atoms with Crippen molar-refractivity contribution in [3.8, 4) is 0 Å². The number of hydrogen-bond acceptors (Lipinski definition) is 8. The highest BCUT2D eigenvalue weighted by Gasteiger charge is 2.33. The molecule has 0 saturated heterocycles. The third kappa shape index (κ3) is 7.31. The summed E-state index contributed by atoms with van der Waals surface area (Å²) in [5.74, 6) is -4.30. The lowest BCUT2D eigenvalue weighted by molar-refractivity contribution is -0.146. The smallest absolute Gasteiger partial charge is 0.328 e. The minimum atomic E-state index is -1.66. The molecule has 0 bridgehead atoms. The molecule has 150 valence electrons. The van der Waals surface area contributed by atoms with Gasteiger partial charge >= 0.3 is 5.97 Å². The van der Waals surface area contributed by atoms with Gasteiger partial charge in [-0.2, -0.15) is 0 Å². The molecule has 12 heteroatoms. The molecule has 0 aliphatic rings. The molecule has 0 rings (SSSR count). The fraction of sp³-hybridized carbons (Fsp3) is 0.714. The van der Waals surface area contributed by atoms with Crippen molar-refractivity contribution in [2.24, 2.45) is 5.73 Å². The average molecular weight is 378 g/mol. The maximum absolute atomic E-state index is 12.2. The zero-order valence-electron chi connectivity index (χ0n) is 14.7. The Bertz CT molecular complexity index is 523. The molecule has 0 aliphatic carbocycles. The summed E-state index contributed by atoms with van der Waals surface area (Å²) >= 11 is 0. The Labute approximate surface area is 149 Å². The summed E-state index contributed by atoms with van der Waals surface area (Å²) in [5, 5.41) is 43.5. The number of carboxylic acid groups (broad SMARTS) is 1. The number of aliphatic hydroxyl groups is 3. The highest BCUT2D eigenvalue weighted by atomic mass is 16.4. The Balaban J connectivity index is 5.14. The fourth-order valence-electron chi connectivity index (χ4n) is 1.79. The van der Waals surface area contributed by atoms with E-state index in [1.165, 1.54) is 6.92 Å². The van der Waals surface area contributed by atoms with E-state index in [1.807, 2.05) is 5.32 Å². The Morgan fingerprint density at radius 3 is 1.65 bits per heavy atom. The number of carbonyl (C=O) groups is 4. The lowest BCUT2D eigenvalue weighted by Crippen LogP contribution is -2.61. The van der Waals surface area contributed by atoms with Crippen molar-refractivity contribution in [3.05, 3.63) is 0 Å². The second kappa shape index (κ2) is 10.7. The molecule has 0 saturated carbocycles. The van der Waals surface area contributed by atoms with Gasteiger partial charge in [0.15, 0.2) is 6.04 Å². The standard InChI is InChI=1S/C14H26N4O8/c1-5(15)11(22)16-8(4-19)12(23)17-9(6(2)20)13(24)18-10(7(3)21)14(25)26/h5-10,19-21H,4,15H2,1-3H3,(H,16,22)(H,17,23)(H,18,24)(H,25,26). The molecule has 0 aromatic heterocycles. The van der Waals surface area contributed by atoms with Gasteiger partial charge in [0.2, 0.25) is 17.7 Å². The van der Waals surface area contributed by atoms with E-state index in [2.05, 4.69) is 10.6 Å². The largest absolute Gasteiger partial charge is 0.480 e. The van der Waals surface area contributed by atoms with Gasteiger partial charge in [-0.1, -0.05) is 0 Å². The Morgan fingerprint density at radius 2 is 1.31 bits per heavy atom. The van der Waals surface area contributed by atoms with E-state index in [0.717, 1.165) is 13.8 Å². The quantitative estimate of drug-likeness (QED) is 0.184. The van der Waals surface area contributed by atoms with Gasteiger partial charge in [0.05, 0.1) is 24.9 Å². The number of aliphatic carboxylic acids is 1. The molecule has 0 heterocycles. The Kier molecular flexibility index (Phi) is 9.72. The van der Waals surface area contributed by atoms with Crippen LogP contribution in [0.15, 0.2) is 0 Å². The zero-order chi connectivity index (χ0) is 20.6. The minimum absolute atomic E-state index is 0.725. The number of aliphatic hydroxyl groups excluding tert-OH is 3.